The molecule has 0 saturated heterocycles. The highest BCUT2D eigenvalue weighted by molar-refractivity contribution is 6.32. The number of alkyl halides is 3. The lowest BCUT2D eigenvalue weighted by molar-refractivity contribution is -0.181. The average molecular weight is 656 g/mol. The van der Waals surface area contributed by atoms with Crippen LogP contribution in [0.1, 0.15) is 51.9 Å². The largest absolute Gasteiger partial charge is 0.507 e. The van der Waals surface area contributed by atoms with Crippen LogP contribution < -0.4 is 5.73 Å². The summed E-state index contributed by atoms with van der Waals surface area (Å²) < 4.78 is 45.0. The summed E-state index contributed by atoms with van der Waals surface area (Å²) in [5.74, 6) is -13.1. The summed E-state index contributed by atoms with van der Waals surface area (Å²) in [7, 11) is 2.87. The van der Waals surface area contributed by atoms with Crippen molar-refractivity contribution in [2.45, 2.75) is 56.6 Å². The Morgan fingerprint density at radius 1 is 1.04 bits per heavy atom. The van der Waals surface area contributed by atoms with Crippen molar-refractivity contribution in [2.75, 3.05) is 20.6 Å². The zero-order valence-corrected chi connectivity index (χ0v) is 25.9. The number of rotatable bonds is 8. The molecular weight excluding hydrogens is 619 g/mol. The fraction of sp³-hybridized carbons (Fsp3) is 0.500. The number of amides is 1. The molecule has 3 fully saturated rings. The maximum absolute atomic E-state index is 15.0. The van der Waals surface area contributed by atoms with Gasteiger partial charge in [0.2, 0.25) is 5.91 Å². The number of ketones is 4. The van der Waals surface area contributed by atoms with Gasteiger partial charge in [-0.15, -0.1) is 0 Å². The quantitative estimate of drug-likeness (QED) is 0.363. The highest BCUT2D eigenvalue weighted by Gasteiger charge is 2.69. The Kier molecular flexibility index (Phi) is 8.17. The molecular formula is C34H36F3N3O7. The smallest absolute Gasteiger partial charge is 0.417 e. The number of aromatic hydroxyl groups is 1. The third-order valence-electron chi connectivity index (χ3n) is 10.3. The fourth-order valence-electron chi connectivity index (χ4n) is 8.16. The lowest BCUT2D eigenvalue weighted by atomic mass is 9.52. The van der Waals surface area contributed by atoms with Gasteiger partial charge in [0.1, 0.15) is 5.75 Å². The number of phenolic OH excluding ortho intramolecular Hbond substituents is 1. The molecule has 3 saturated carbocycles. The molecule has 0 aromatic heterocycles. The van der Waals surface area contributed by atoms with E-state index in [0.29, 0.717) is 19.0 Å². The van der Waals surface area contributed by atoms with Gasteiger partial charge in [-0.25, -0.2) is 0 Å². The summed E-state index contributed by atoms with van der Waals surface area (Å²) in [6, 6.07) is 8.85. The summed E-state index contributed by atoms with van der Waals surface area (Å²) in [4.78, 5) is 70.0. The number of primary amides is 1. The number of aliphatic hydroxyl groups is 1. The highest BCUT2D eigenvalue weighted by Crippen LogP contribution is 2.53. The third-order valence-corrected chi connectivity index (χ3v) is 10.3. The molecule has 13 heteroatoms. The van der Waals surface area contributed by atoms with Crippen molar-refractivity contribution in [1.29, 1.82) is 0 Å². The van der Waals surface area contributed by atoms with E-state index in [1.165, 1.54) is 19.0 Å². The SMILES string of the molecule is CN(C)[C@@H]1C(=O)C(C(N)=O)C(=O)[C@@]2(O)C(=O)C3C(=O)c4c(O)cc(CN(Cc5ccccc5)CC5CC5)c(C(F)(F)F)c4C[C@H]3C[C@@H]12. The molecule has 0 radical (unpaired) electrons. The molecule has 4 aliphatic rings. The Bertz CT molecular complexity index is 1670. The van der Waals surface area contributed by atoms with Crippen LogP contribution in [0.3, 0.4) is 0 Å². The maximum atomic E-state index is 15.0. The highest BCUT2D eigenvalue weighted by atomic mass is 19.4. The van der Waals surface area contributed by atoms with Crippen molar-refractivity contribution in [2.24, 2.45) is 35.3 Å². The molecule has 0 aliphatic heterocycles. The van der Waals surface area contributed by atoms with Crippen LogP contribution in [0.5, 0.6) is 5.75 Å². The van der Waals surface area contributed by atoms with Gasteiger partial charge in [-0.3, -0.25) is 33.8 Å². The summed E-state index contributed by atoms with van der Waals surface area (Å²) >= 11 is 0. The van der Waals surface area contributed by atoms with Gasteiger partial charge in [-0.05, 0) is 74.4 Å². The van der Waals surface area contributed by atoms with Gasteiger partial charge in [0, 0.05) is 25.6 Å². The number of carbonyl (C=O) groups is 5. The van der Waals surface area contributed by atoms with Crippen molar-refractivity contribution in [3.63, 3.8) is 0 Å². The number of carbonyl (C=O) groups excluding carboxylic acids is 5. The lowest BCUT2D eigenvalue weighted by Crippen LogP contribution is -2.74. The Balaban J connectivity index is 1.43. The number of benzene rings is 2. The van der Waals surface area contributed by atoms with E-state index in [0.717, 1.165) is 24.5 Å². The molecule has 1 amide bonds. The first kappa shape index (κ1) is 33.0. The van der Waals surface area contributed by atoms with Gasteiger partial charge in [-0.1, -0.05) is 30.3 Å². The second-order valence-corrected chi connectivity index (χ2v) is 13.7. The molecule has 6 rings (SSSR count). The zero-order valence-electron chi connectivity index (χ0n) is 25.9. The van der Waals surface area contributed by atoms with Crippen LogP contribution >= 0.6 is 0 Å². The van der Waals surface area contributed by atoms with Crippen molar-refractivity contribution >= 4 is 29.0 Å². The summed E-state index contributed by atoms with van der Waals surface area (Å²) in [6.45, 7) is 0.749. The number of phenols is 1. The molecule has 4 N–H and O–H groups in total. The molecule has 2 aromatic rings. The number of hydrogen-bond donors (Lipinski definition) is 3. The second kappa shape index (κ2) is 11.6. The number of fused-ring (bicyclic) bond motifs is 3. The summed E-state index contributed by atoms with van der Waals surface area (Å²) in [5.41, 5.74) is 0.868. The number of likely N-dealkylation sites (N-methyl/N-ethyl adjacent to an activating group) is 1. The van der Waals surface area contributed by atoms with E-state index >= 15 is 13.2 Å². The van der Waals surface area contributed by atoms with Crippen LogP contribution in [0.4, 0.5) is 13.2 Å². The van der Waals surface area contributed by atoms with Gasteiger partial charge in [0.15, 0.2) is 34.7 Å². The van der Waals surface area contributed by atoms with E-state index in [-0.39, 0.29) is 18.5 Å². The number of Topliss-reactive ketones (excluding diaryl/α,β-unsaturated/α-hetero) is 4. The molecule has 4 aliphatic carbocycles. The van der Waals surface area contributed by atoms with Crippen LogP contribution in [0.15, 0.2) is 36.4 Å². The normalized spacial score (nSPS) is 29.1. The minimum atomic E-state index is -4.94. The fourth-order valence-corrected chi connectivity index (χ4v) is 8.16. The molecule has 0 bridgehead atoms. The van der Waals surface area contributed by atoms with Crippen LogP contribution in [-0.4, -0.2) is 81.3 Å². The first-order valence-electron chi connectivity index (χ1n) is 15.6. The Morgan fingerprint density at radius 2 is 1.70 bits per heavy atom. The van der Waals surface area contributed by atoms with E-state index in [1.807, 2.05) is 35.2 Å². The van der Waals surface area contributed by atoms with E-state index in [9.17, 15) is 34.2 Å². The van der Waals surface area contributed by atoms with Gasteiger partial charge < -0.3 is 15.9 Å². The molecule has 0 heterocycles. The van der Waals surface area contributed by atoms with E-state index in [1.54, 1.807) is 0 Å². The van der Waals surface area contributed by atoms with Gasteiger partial charge >= 0.3 is 6.18 Å². The van der Waals surface area contributed by atoms with Crippen LogP contribution in [0.2, 0.25) is 0 Å². The summed E-state index contributed by atoms with van der Waals surface area (Å²) in [6.07, 6.45) is -3.82. The van der Waals surface area contributed by atoms with Crippen molar-refractivity contribution < 1.29 is 47.4 Å². The molecule has 47 heavy (non-hydrogen) atoms. The number of nitrogens with two attached hydrogens (primary N) is 1. The predicted octanol–water partition coefficient (Wildman–Crippen LogP) is 2.30. The zero-order chi connectivity index (χ0) is 34.2. The molecule has 2 unspecified atom stereocenters. The summed E-state index contributed by atoms with van der Waals surface area (Å²) in [5, 5.41) is 22.8. The lowest BCUT2D eigenvalue weighted by Gasteiger charge is -2.52. The standard InChI is InChI=1S/C34H36F3N3O7/c1-39(2)27-21-11-18-10-20-24(28(42)23(18)30(44)33(21,47)31(45)25(29(27)43)32(38)46)22(41)12-19(26(20)34(35,36)37)15-40(14-17-8-9-17)13-16-6-4-3-5-7-16/h3-7,12,17-18,21,23,25,27,41,47H,8-11,13-15H2,1-2H3,(H2,38,46)/t18-,21-,23?,25?,27-,33-/m0/s1. The minimum Gasteiger partial charge on any atom is -0.507 e. The topological polar surface area (TPSA) is 158 Å². The van der Waals surface area contributed by atoms with Crippen LogP contribution in [0, 0.1) is 29.6 Å². The van der Waals surface area contributed by atoms with Gasteiger partial charge in [0.05, 0.1) is 23.1 Å². The Hall–Kier alpha value is -3.94. The van der Waals surface area contributed by atoms with Crippen LogP contribution in [-0.2, 0) is 44.9 Å². The Labute approximate surface area is 268 Å². The molecule has 2 aromatic carbocycles. The Morgan fingerprint density at radius 3 is 2.28 bits per heavy atom. The molecule has 6 atom stereocenters. The first-order valence-corrected chi connectivity index (χ1v) is 15.6. The average Bonchev–Trinajstić information content (AvgIpc) is 3.78. The van der Waals surface area contributed by atoms with E-state index in [4.69, 9.17) is 5.73 Å². The maximum Gasteiger partial charge on any atom is 0.417 e. The molecule has 0 spiro atoms. The van der Waals surface area contributed by atoms with Crippen molar-refractivity contribution in [1.82, 2.24) is 9.80 Å². The second-order valence-electron chi connectivity index (χ2n) is 13.7. The monoisotopic (exact) mass is 655 g/mol. The third kappa shape index (κ3) is 5.47. The van der Waals surface area contributed by atoms with Crippen molar-refractivity contribution in [3.8, 4) is 5.75 Å². The first-order chi connectivity index (χ1) is 22.0. The number of halogens is 3. The van der Waals surface area contributed by atoms with Crippen LogP contribution in [0.25, 0.3) is 0 Å². The van der Waals surface area contributed by atoms with Gasteiger partial charge in [-0.2, -0.15) is 13.2 Å². The number of nitrogens with zero attached hydrogens (tertiary/aromatic N) is 2. The molecule has 250 valence electrons. The van der Waals surface area contributed by atoms with E-state index < -0.39 is 99.4 Å². The predicted molar refractivity (Wildman–Crippen MR) is 160 cm³/mol. The van der Waals surface area contributed by atoms with E-state index in [2.05, 4.69) is 0 Å². The van der Waals surface area contributed by atoms with Crippen molar-refractivity contribution in [3.05, 3.63) is 64.2 Å². The minimum absolute atomic E-state index is 0.162. The van der Waals surface area contributed by atoms with Gasteiger partial charge in [0.25, 0.3) is 0 Å². The number of hydrogen-bond acceptors (Lipinski definition) is 9. The molecule has 10 nitrogen and oxygen atoms in total.